The van der Waals surface area contributed by atoms with Crippen LogP contribution in [0.4, 0.5) is 16.2 Å². The molecule has 2 amide bonds. The van der Waals surface area contributed by atoms with Crippen LogP contribution in [-0.2, 0) is 6.54 Å². The molecule has 3 rings (SSSR count). The van der Waals surface area contributed by atoms with Crippen LogP contribution in [0.15, 0.2) is 41.8 Å². The third-order valence-corrected chi connectivity index (χ3v) is 4.70. The maximum atomic E-state index is 12.0. The van der Waals surface area contributed by atoms with Crippen LogP contribution in [0.1, 0.15) is 24.1 Å². The molecule has 1 aliphatic heterocycles. The molecular formula is C17H21N3OS. The maximum absolute atomic E-state index is 12.0. The molecule has 0 atom stereocenters. The van der Waals surface area contributed by atoms with E-state index in [9.17, 15) is 4.79 Å². The summed E-state index contributed by atoms with van der Waals surface area (Å²) in [6.07, 6.45) is 3.82. The summed E-state index contributed by atoms with van der Waals surface area (Å²) < 4.78 is 0. The average Bonchev–Trinajstić information content (AvgIpc) is 3.08. The van der Waals surface area contributed by atoms with Crippen molar-refractivity contribution in [1.29, 1.82) is 0 Å². The van der Waals surface area contributed by atoms with Crippen molar-refractivity contribution in [3.8, 4) is 0 Å². The second kappa shape index (κ2) is 7.31. The van der Waals surface area contributed by atoms with Gasteiger partial charge in [0, 0.05) is 29.3 Å². The quantitative estimate of drug-likeness (QED) is 0.893. The summed E-state index contributed by atoms with van der Waals surface area (Å²) in [5.41, 5.74) is 2.03. The normalized spacial score (nSPS) is 14.6. The number of amides is 2. The summed E-state index contributed by atoms with van der Waals surface area (Å²) in [6.45, 7) is 2.78. The Labute approximate surface area is 135 Å². The number of urea groups is 1. The second-order valence-electron chi connectivity index (χ2n) is 5.49. The van der Waals surface area contributed by atoms with Gasteiger partial charge in [-0.25, -0.2) is 4.79 Å². The van der Waals surface area contributed by atoms with Gasteiger partial charge in [-0.2, -0.15) is 0 Å². The van der Waals surface area contributed by atoms with Crippen LogP contribution in [0.5, 0.6) is 0 Å². The molecule has 0 spiro atoms. The monoisotopic (exact) mass is 315 g/mol. The van der Waals surface area contributed by atoms with E-state index in [4.69, 9.17) is 0 Å². The van der Waals surface area contributed by atoms with Gasteiger partial charge in [0.2, 0.25) is 0 Å². The second-order valence-corrected chi connectivity index (χ2v) is 6.52. The first-order chi connectivity index (χ1) is 10.8. The fourth-order valence-corrected chi connectivity index (χ4v) is 3.33. The summed E-state index contributed by atoms with van der Waals surface area (Å²) in [6, 6.07) is 11.9. The van der Waals surface area contributed by atoms with E-state index < -0.39 is 0 Å². The Bertz CT molecular complexity index is 606. The third-order valence-electron chi connectivity index (χ3n) is 3.83. The smallest absolute Gasteiger partial charge is 0.319 e. The Kier molecular flexibility index (Phi) is 4.96. The van der Waals surface area contributed by atoms with Gasteiger partial charge >= 0.3 is 6.03 Å². The Morgan fingerprint density at radius 1 is 1.14 bits per heavy atom. The lowest BCUT2D eigenvalue weighted by atomic mass is 10.1. The van der Waals surface area contributed by atoms with Crippen molar-refractivity contribution in [3.05, 3.63) is 46.7 Å². The van der Waals surface area contributed by atoms with E-state index in [1.807, 2.05) is 29.6 Å². The zero-order valence-electron chi connectivity index (χ0n) is 12.5. The average molecular weight is 315 g/mol. The van der Waals surface area contributed by atoms with Gasteiger partial charge in [0.1, 0.15) is 0 Å². The lowest BCUT2D eigenvalue weighted by Gasteiger charge is -2.29. The highest BCUT2D eigenvalue weighted by atomic mass is 32.1. The lowest BCUT2D eigenvalue weighted by molar-refractivity contribution is 0.252. The van der Waals surface area contributed by atoms with Crippen molar-refractivity contribution in [2.24, 2.45) is 0 Å². The largest absolute Gasteiger partial charge is 0.371 e. The molecule has 0 saturated carbocycles. The van der Waals surface area contributed by atoms with E-state index >= 15 is 0 Å². The first-order valence-corrected chi connectivity index (χ1v) is 8.61. The molecule has 1 fully saturated rings. The zero-order chi connectivity index (χ0) is 15.2. The molecule has 1 saturated heterocycles. The first-order valence-electron chi connectivity index (χ1n) is 7.73. The van der Waals surface area contributed by atoms with Crippen molar-refractivity contribution in [3.63, 3.8) is 0 Å². The van der Waals surface area contributed by atoms with E-state index in [0.717, 1.165) is 23.7 Å². The highest BCUT2D eigenvalue weighted by Gasteiger charge is 2.11. The molecule has 0 radical (unpaired) electrons. The summed E-state index contributed by atoms with van der Waals surface area (Å²) in [5.74, 6) is 0. The molecule has 1 aliphatic rings. The lowest BCUT2D eigenvalue weighted by Crippen LogP contribution is -2.30. The number of carbonyl (C=O) groups excluding carboxylic acids is 1. The van der Waals surface area contributed by atoms with Crippen molar-refractivity contribution < 1.29 is 4.79 Å². The van der Waals surface area contributed by atoms with Gasteiger partial charge in [-0.15, -0.1) is 11.3 Å². The van der Waals surface area contributed by atoms with Crippen molar-refractivity contribution in [1.82, 2.24) is 5.32 Å². The number of hydrogen-bond donors (Lipinski definition) is 2. The number of piperidine rings is 1. The molecule has 2 heterocycles. The summed E-state index contributed by atoms with van der Waals surface area (Å²) in [4.78, 5) is 15.5. The zero-order valence-corrected chi connectivity index (χ0v) is 13.4. The van der Waals surface area contributed by atoms with E-state index in [-0.39, 0.29) is 6.03 Å². The third kappa shape index (κ3) is 4.01. The summed E-state index contributed by atoms with van der Waals surface area (Å²) >= 11 is 1.64. The van der Waals surface area contributed by atoms with E-state index in [2.05, 4.69) is 27.7 Å². The highest BCUT2D eigenvalue weighted by molar-refractivity contribution is 7.09. The SMILES string of the molecule is O=C(NCc1cccs1)Nc1cccc(N2CCCCC2)c1. The standard InChI is InChI=1S/C17H21N3OS/c21-17(18-13-16-8-5-11-22-16)19-14-6-4-7-15(12-14)20-9-2-1-3-10-20/h4-8,11-12H,1-3,9-10,13H2,(H2,18,19,21). The van der Waals surface area contributed by atoms with E-state index in [1.54, 1.807) is 11.3 Å². The van der Waals surface area contributed by atoms with Crippen LogP contribution >= 0.6 is 11.3 Å². The van der Waals surface area contributed by atoms with Crippen LogP contribution in [-0.4, -0.2) is 19.1 Å². The minimum atomic E-state index is -0.163. The first kappa shape index (κ1) is 14.9. The van der Waals surface area contributed by atoms with Gasteiger partial charge in [0.05, 0.1) is 6.54 Å². The summed E-state index contributed by atoms with van der Waals surface area (Å²) in [7, 11) is 0. The Balaban J connectivity index is 1.56. The number of rotatable bonds is 4. The molecule has 0 unspecified atom stereocenters. The van der Waals surface area contributed by atoms with Crippen molar-refractivity contribution in [2.45, 2.75) is 25.8 Å². The van der Waals surface area contributed by atoms with Gasteiger partial charge in [-0.05, 0) is 48.9 Å². The van der Waals surface area contributed by atoms with Crippen LogP contribution in [0.25, 0.3) is 0 Å². The molecule has 1 aromatic carbocycles. The van der Waals surface area contributed by atoms with Gasteiger partial charge in [-0.1, -0.05) is 12.1 Å². The Hall–Kier alpha value is -2.01. The minimum absolute atomic E-state index is 0.163. The van der Waals surface area contributed by atoms with Crippen LogP contribution in [0.3, 0.4) is 0 Å². The topological polar surface area (TPSA) is 44.4 Å². The number of hydrogen-bond acceptors (Lipinski definition) is 3. The highest BCUT2D eigenvalue weighted by Crippen LogP contribution is 2.23. The molecular weight excluding hydrogens is 294 g/mol. The van der Waals surface area contributed by atoms with E-state index in [1.165, 1.54) is 24.9 Å². The van der Waals surface area contributed by atoms with E-state index in [0.29, 0.717) is 6.54 Å². The fraction of sp³-hybridized carbons (Fsp3) is 0.353. The number of carbonyl (C=O) groups is 1. The fourth-order valence-electron chi connectivity index (χ4n) is 2.69. The van der Waals surface area contributed by atoms with Gasteiger partial charge < -0.3 is 15.5 Å². The predicted octanol–water partition coefficient (Wildman–Crippen LogP) is 4.06. The van der Waals surface area contributed by atoms with Crippen LogP contribution in [0.2, 0.25) is 0 Å². The molecule has 1 aromatic heterocycles. The van der Waals surface area contributed by atoms with Crippen molar-refractivity contribution in [2.75, 3.05) is 23.3 Å². The van der Waals surface area contributed by atoms with Crippen molar-refractivity contribution >= 4 is 28.7 Å². The van der Waals surface area contributed by atoms with Crippen LogP contribution < -0.4 is 15.5 Å². The maximum Gasteiger partial charge on any atom is 0.319 e. The van der Waals surface area contributed by atoms with Gasteiger partial charge in [0.15, 0.2) is 0 Å². The Morgan fingerprint density at radius 3 is 2.77 bits per heavy atom. The molecule has 4 nitrogen and oxygen atoms in total. The molecule has 2 aromatic rings. The molecule has 0 aliphatic carbocycles. The number of anilines is 2. The number of nitrogens with zero attached hydrogens (tertiary/aromatic N) is 1. The van der Waals surface area contributed by atoms with Gasteiger partial charge in [0.25, 0.3) is 0 Å². The number of thiophene rings is 1. The molecule has 116 valence electrons. The number of benzene rings is 1. The molecule has 5 heteroatoms. The predicted molar refractivity (Wildman–Crippen MR) is 92.7 cm³/mol. The molecule has 22 heavy (non-hydrogen) atoms. The molecule has 2 N–H and O–H groups in total. The number of nitrogens with one attached hydrogen (secondary N) is 2. The summed E-state index contributed by atoms with van der Waals surface area (Å²) in [5, 5.41) is 7.80. The van der Waals surface area contributed by atoms with Crippen LogP contribution in [0, 0.1) is 0 Å². The molecule has 0 bridgehead atoms. The Morgan fingerprint density at radius 2 is 2.00 bits per heavy atom. The van der Waals surface area contributed by atoms with Gasteiger partial charge in [-0.3, -0.25) is 0 Å². The minimum Gasteiger partial charge on any atom is -0.371 e.